The van der Waals surface area contributed by atoms with Crippen LogP contribution in [0, 0.1) is 0 Å². The van der Waals surface area contributed by atoms with E-state index < -0.39 is 0 Å². The van der Waals surface area contributed by atoms with E-state index in [0.717, 1.165) is 0 Å². The second-order valence-electron chi connectivity index (χ2n) is 0.696. The van der Waals surface area contributed by atoms with Crippen LogP contribution >= 0.6 is 0 Å². The molecule has 0 radical (unpaired) electrons. The molecule has 0 spiro atoms. The molecule has 0 amide bonds. The summed E-state index contributed by atoms with van der Waals surface area (Å²) in [7, 11) is 1.35. The van der Waals surface area contributed by atoms with Crippen molar-refractivity contribution in [3.8, 4) is 0 Å². The van der Waals surface area contributed by atoms with Gasteiger partial charge >= 0.3 is 37.6 Å². The van der Waals surface area contributed by atoms with E-state index in [1.165, 1.54) is 15.0 Å². The molecule has 0 saturated heterocycles. The van der Waals surface area contributed by atoms with E-state index in [1.54, 1.807) is 0 Å². The van der Waals surface area contributed by atoms with Gasteiger partial charge in [0.2, 0.25) is 0 Å². The van der Waals surface area contributed by atoms with Gasteiger partial charge < -0.3 is 4.65 Å². The maximum atomic E-state index is 9.59. The summed E-state index contributed by atoms with van der Waals surface area (Å²) >= 11 is 0. The van der Waals surface area contributed by atoms with Gasteiger partial charge in [0.25, 0.3) is 5.97 Å². The van der Waals surface area contributed by atoms with Crippen molar-refractivity contribution >= 4 is 43.6 Å². The minimum absolute atomic E-state index is 0. The Kier molecular flexibility index (Phi) is 8.98. The van der Waals surface area contributed by atoms with Crippen molar-refractivity contribution < 1.29 is 9.45 Å². The monoisotopic (exact) mass is 96.0 g/mol. The second kappa shape index (κ2) is 5.53. The molecular formula is C2H6BNaO2. The number of hydrogen-bond acceptors (Lipinski definition) is 2. The maximum absolute atomic E-state index is 9.59. The van der Waals surface area contributed by atoms with Gasteiger partial charge in [-0.1, -0.05) is 0 Å². The van der Waals surface area contributed by atoms with Crippen LogP contribution in [0.5, 0.6) is 0 Å². The molecule has 0 rings (SSSR count). The molecule has 0 bridgehead atoms. The van der Waals surface area contributed by atoms with E-state index in [9.17, 15) is 4.79 Å². The summed E-state index contributed by atoms with van der Waals surface area (Å²) in [4.78, 5) is 9.59. The molecule has 0 aromatic carbocycles. The van der Waals surface area contributed by atoms with Gasteiger partial charge in [0.05, 0.1) is 0 Å². The van der Waals surface area contributed by atoms with Gasteiger partial charge in [-0.3, -0.25) is 4.79 Å². The Bertz CT molecular complexity index is 46.8. The summed E-state index contributed by atoms with van der Waals surface area (Å²) in [6, 6.07) is 0. The fraction of sp³-hybridized carbons (Fsp3) is 0.500. The SMILES string of the molecule is BOC(C)=O.[NaH]. The van der Waals surface area contributed by atoms with Crippen LogP contribution in [-0.2, 0) is 9.45 Å². The third-order valence-electron chi connectivity index (χ3n) is 0.287. The topological polar surface area (TPSA) is 26.3 Å². The van der Waals surface area contributed by atoms with Gasteiger partial charge in [0, 0.05) is 6.92 Å². The third kappa shape index (κ3) is 8.82. The first kappa shape index (κ1) is 9.73. The first-order valence-electron chi connectivity index (χ1n) is 1.32. The van der Waals surface area contributed by atoms with Crippen molar-refractivity contribution in [3.63, 3.8) is 0 Å². The molecule has 2 nitrogen and oxygen atoms in total. The first-order chi connectivity index (χ1) is 2.27. The predicted molar refractivity (Wildman–Crippen MR) is 27.5 cm³/mol. The van der Waals surface area contributed by atoms with Crippen molar-refractivity contribution in [1.82, 2.24) is 0 Å². The van der Waals surface area contributed by atoms with Crippen molar-refractivity contribution in [2.24, 2.45) is 0 Å². The molecule has 6 heavy (non-hydrogen) atoms. The van der Waals surface area contributed by atoms with Crippen molar-refractivity contribution in [3.05, 3.63) is 0 Å². The van der Waals surface area contributed by atoms with E-state index >= 15 is 0 Å². The standard InChI is InChI=1S/C2H5BO2.Na.H/c1-2(4)5-3;;/h3H2,1H3;;. The van der Waals surface area contributed by atoms with E-state index in [2.05, 4.69) is 4.65 Å². The van der Waals surface area contributed by atoms with Gasteiger partial charge in [-0.05, 0) is 0 Å². The Hall–Kier alpha value is 0.535. The summed E-state index contributed by atoms with van der Waals surface area (Å²) in [5.41, 5.74) is 0. The summed E-state index contributed by atoms with van der Waals surface area (Å²) in [6.07, 6.45) is 0. The predicted octanol–water partition coefficient (Wildman–Crippen LogP) is -1.55. The Labute approximate surface area is 60.0 Å². The first-order valence-corrected chi connectivity index (χ1v) is 1.32. The molecule has 0 aromatic heterocycles. The van der Waals surface area contributed by atoms with Crippen LogP contribution in [0.25, 0.3) is 0 Å². The minimum atomic E-state index is -0.245. The molecule has 0 N–H and O–H groups in total. The van der Waals surface area contributed by atoms with Crippen LogP contribution < -0.4 is 0 Å². The summed E-state index contributed by atoms with van der Waals surface area (Å²) in [5, 5.41) is 0. The summed E-state index contributed by atoms with van der Waals surface area (Å²) < 4.78 is 4.11. The van der Waals surface area contributed by atoms with Crippen LogP contribution in [0.2, 0.25) is 0 Å². The second-order valence-corrected chi connectivity index (χ2v) is 0.696. The molecule has 0 aliphatic rings. The molecule has 0 atom stereocenters. The van der Waals surface area contributed by atoms with Gasteiger partial charge in [-0.2, -0.15) is 0 Å². The molecule has 0 saturated carbocycles. The average molecular weight is 95.9 g/mol. The van der Waals surface area contributed by atoms with Crippen molar-refractivity contribution in [2.75, 3.05) is 0 Å². The van der Waals surface area contributed by atoms with Crippen LogP contribution in [0.4, 0.5) is 0 Å². The molecule has 0 aliphatic carbocycles. The summed E-state index contributed by atoms with van der Waals surface area (Å²) in [6.45, 7) is 1.36. The quantitative estimate of drug-likeness (QED) is 0.341. The number of hydrogen-bond donors (Lipinski definition) is 0. The van der Waals surface area contributed by atoms with Crippen LogP contribution in [0.3, 0.4) is 0 Å². The molecule has 30 valence electrons. The van der Waals surface area contributed by atoms with Gasteiger partial charge in [0.1, 0.15) is 0 Å². The molecule has 0 fully saturated rings. The van der Waals surface area contributed by atoms with E-state index in [1.807, 2.05) is 0 Å². The molecular weight excluding hydrogens is 89.8 g/mol. The van der Waals surface area contributed by atoms with E-state index in [4.69, 9.17) is 0 Å². The zero-order chi connectivity index (χ0) is 4.28. The fourth-order valence-electron chi connectivity index (χ4n) is 0. The van der Waals surface area contributed by atoms with Gasteiger partial charge in [0.15, 0.2) is 0 Å². The zero-order valence-electron chi connectivity index (χ0n) is 3.32. The Morgan fingerprint density at radius 1 is 1.83 bits per heavy atom. The Morgan fingerprint density at radius 2 is 2.00 bits per heavy atom. The molecule has 0 aliphatic heterocycles. The number of carbonyl (C=O) groups excluding carboxylic acids is 1. The zero-order valence-corrected chi connectivity index (χ0v) is 3.32. The number of carbonyl (C=O) groups is 1. The fourth-order valence-corrected chi connectivity index (χ4v) is 0. The molecule has 0 aromatic rings. The normalized spacial score (nSPS) is 5.50. The third-order valence-corrected chi connectivity index (χ3v) is 0.287. The molecule has 0 heterocycles. The van der Waals surface area contributed by atoms with Gasteiger partial charge in [-0.15, -0.1) is 0 Å². The molecule has 4 heteroatoms. The van der Waals surface area contributed by atoms with Crippen LogP contribution in [0.15, 0.2) is 0 Å². The van der Waals surface area contributed by atoms with Crippen LogP contribution in [0.1, 0.15) is 6.92 Å². The number of rotatable bonds is 0. The Balaban J connectivity index is 0. The van der Waals surface area contributed by atoms with Crippen LogP contribution in [-0.4, -0.2) is 43.6 Å². The Morgan fingerprint density at radius 3 is 2.00 bits per heavy atom. The van der Waals surface area contributed by atoms with Crippen molar-refractivity contribution in [2.45, 2.75) is 6.92 Å². The van der Waals surface area contributed by atoms with E-state index in [0.29, 0.717) is 0 Å². The molecule has 0 unspecified atom stereocenters. The van der Waals surface area contributed by atoms with E-state index in [-0.39, 0.29) is 35.5 Å². The van der Waals surface area contributed by atoms with Gasteiger partial charge in [-0.25, -0.2) is 0 Å². The summed E-state index contributed by atoms with van der Waals surface area (Å²) in [5.74, 6) is -0.245. The average Bonchev–Trinajstić information content (AvgIpc) is 1.38. The van der Waals surface area contributed by atoms with Crippen molar-refractivity contribution in [1.29, 1.82) is 0 Å².